The van der Waals surface area contributed by atoms with Gasteiger partial charge in [-0.3, -0.25) is 4.79 Å². The summed E-state index contributed by atoms with van der Waals surface area (Å²) in [5.74, 6) is 0.0464. The number of carbonyl (C=O) groups is 1. The Morgan fingerprint density at radius 1 is 0.719 bits per heavy atom. The maximum absolute atomic E-state index is 11.3. The lowest BCUT2D eigenvalue weighted by Crippen LogP contribution is -2.10. The van der Waals surface area contributed by atoms with E-state index in [0.717, 1.165) is 33.6 Å². The van der Waals surface area contributed by atoms with E-state index in [1.807, 2.05) is 45.9 Å². The van der Waals surface area contributed by atoms with Crippen LogP contribution >= 0.6 is 0 Å². The number of nitrogens with two attached hydrogens (primary N) is 2. The molecule has 0 heterocycles. The molecule has 0 saturated heterocycles. The summed E-state index contributed by atoms with van der Waals surface area (Å²) in [5.41, 5.74) is 18.6. The van der Waals surface area contributed by atoms with Gasteiger partial charge in [0, 0.05) is 17.3 Å². The van der Waals surface area contributed by atoms with Crippen LogP contribution in [0.1, 0.15) is 32.6 Å². The third-order valence-corrected chi connectivity index (χ3v) is 5.09. The number of benzene rings is 3. The summed E-state index contributed by atoms with van der Waals surface area (Å²) in [5, 5.41) is 17.4. The fourth-order valence-electron chi connectivity index (χ4n) is 3.08. The van der Waals surface area contributed by atoms with Crippen LogP contribution in [0.5, 0.6) is 5.75 Å². The predicted molar refractivity (Wildman–Crippen MR) is 126 cm³/mol. The summed E-state index contributed by atoms with van der Waals surface area (Å²) in [6.07, 6.45) is 0. The summed E-state index contributed by atoms with van der Waals surface area (Å²) in [4.78, 5) is 11.3. The van der Waals surface area contributed by atoms with E-state index in [1.54, 1.807) is 31.4 Å². The van der Waals surface area contributed by atoms with E-state index < -0.39 is 5.91 Å². The number of hydrogen-bond donors (Lipinski definition) is 2. The van der Waals surface area contributed by atoms with Crippen LogP contribution in [0.2, 0.25) is 0 Å². The molecule has 0 aliphatic heterocycles. The van der Waals surface area contributed by atoms with Crippen LogP contribution in [0.4, 0.5) is 28.4 Å². The highest BCUT2D eigenvalue weighted by Crippen LogP contribution is 2.37. The molecule has 0 saturated carbocycles. The van der Waals surface area contributed by atoms with Crippen LogP contribution in [0.25, 0.3) is 0 Å². The molecule has 0 unspecified atom stereocenters. The Bertz CT molecular complexity index is 1250. The Morgan fingerprint density at radius 3 is 1.88 bits per heavy atom. The number of nitrogens with zero attached hydrogens (tertiary/aromatic N) is 4. The zero-order chi connectivity index (χ0) is 23.4. The highest BCUT2D eigenvalue weighted by atomic mass is 16.5. The van der Waals surface area contributed by atoms with Crippen LogP contribution in [0.15, 0.2) is 62.9 Å². The van der Waals surface area contributed by atoms with Crippen molar-refractivity contribution >= 4 is 34.3 Å². The first-order valence-corrected chi connectivity index (χ1v) is 9.99. The summed E-state index contributed by atoms with van der Waals surface area (Å²) < 4.78 is 5.49. The van der Waals surface area contributed by atoms with Crippen LogP contribution in [0.3, 0.4) is 0 Å². The molecule has 4 N–H and O–H groups in total. The molecule has 164 valence electrons. The third kappa shape index (κ3) is 4.97. The van der Waals surface area contributed by atoms with Crippen molar-refractivity contribution < 1.29 is 9.53 Å². The van der Waals surface area contributed by atoms with Gasteiger partial charge in [-0.25, -0.2) is 0 Å². The molecule has 32 heavy (non-hydrogen) atoms. The fraction of sp³-hybridized carbons (Fsp3) is 0.208. The smallest absolute Gasteiger partial charge is 0.248 e. The first kappa shape index (κ1) is 22.6. The van der Waals surface area contributed by atoms with Gasteiger partial charge in [-0.05, 0) is 86.3 Å². The lowest BCUT2D eigenvalue weighted by atomic mass is 10.1. The Kier molecular flexibility index (Phi) is 6.63. The zero-order valence-corrected chi connectivity index (χ0v) is 18.8. The van der Waals surface area contributed by atoms with E-state index in [0.29, 0.717) is 28.4 Å². The number of nitrogen functional groups attached to an aromatic ring is 1. The lowest BCUT2D eigenvalue weighted by molar-refractivity contribution is 0.1000. The minimum atomic E-state index is -0.480. The number of ether oxygens (including phenoxy) is 1. The molecule has 0 radical (unpaired) electrons. The molecule has 3 aromatic rings. The highest BCUT2D eigenvalue weighted by molar-refractivity contribution is 5.93. The molecule has 0 atom stereocenters. The van der Waals surface area contributed by atoms with E-state index in [4.69, 9.17) is 16.2 Å². The summed E-state index contributed by atoms with van der Waals surface area (Å²) in [6.45, 7) is 7.63. The quantitative estimate of drug-likeness (QED) is 0.345. The van der Waals surface area contributed by atoms with Crippen molar-refractivity contribution in [2.75, 3.05) is 12.8 Å². The number of hydrogen-bond acceptors (Lipinski definition) is 7. The first-order valence-electron chi connectivity index (χ1n) is 9.99. The maximum Gasteiger partial charge on any atom is 0.248 e. The first-order chi connectivity index (χ1) is 15.2. The monoisotopic (exact) mass is 430 g/mol. The second-order valence-electron chi connectivity index (χ2n) is 7.57. The van der Waals surface area contributed by atoms with Crippen LogP contribution in [0, 0.1) is 27.7 Å². The number of primary amides is 1. The normalized spacial score (nSPS) is 11.4. The molecule has 0 fully saturated rings. The lowest BCUT2D eigenvalue weighted by Gasteiger charge is -2.08. The highest BCUT2D eigenvalue weighted by Gasteiger charge is 2.10. The van der Waals surface area contributed by atoms with Crippen molar-refractivity contribution in [2.24, 2.45) is 26.2 Å². The van der Waals surface area contributed by atoms with Gasteiger partial charge in [-0.15, -0.1) is 5.11 Å². The Hall–Kier alpha value is -4.07. The van der Waals surface area contributed by atoms with Gasteiger partial charge in [0.15, 0.2) is 0 Å². The van der Waals surface area contributed by atoms with Crippen molar-refractivity contribution in [2.45, 2.75) is 27.7 Å². The number of carbonyl (C=O) groups excluding carboxylic acids is 1. The number of azo groups is 2. The topological polar surface area (TPSA) is 128 Å². The summed E-state index contributed by atoms with van der Waals surface area (Å²) in [7, 11) is 1.57. The average Bonchev–Trinajstić information content (AvgIpc) is 2.75. The van der Waals surface area contributed by atoms with Gasteiger partial charge in [0.25, 0.3) is 0 Å². The minimum absolute atomic E-state index is 0.431. The SMILES string of the molecule is COc1cc(N=Nc2ccc(C(N)=O)cc2C)c(C)cc1N=Nc1cc(C)c(N)cc1C. The molecular weight excluding hydrogens is 404 g/mol. The molecule has 0 spiro atoms. The van der Waals surface area contributed by atoms with E-state index in [9.17, 15) is 4.79 Å². The van der Waals surface area contributed by atoms with Gasteiger partial charge in [0.05, 0.1) is 24.2 Å². The van der Waals surface area contributed by atoms with E-state index >= 15 is 0 Å². The second-order valence-corrected chi connectivity index (χ2v) is 7.57. The molecule has 3 rings (SSSR count). The van der Waals surface area contributed by atoms with Crippen LogP contribution in [-0.4, -0.2) is 13.0 Å². The van der Waals surface area contributed by atoms with Crippen LogP contribution < -0.4 is 16.2 Å². The number of rotatable bonds is 6. The molecule has 8 nitrogen and oxygen atoms in total. The van der Waals surface area contributed by atoms with Crippen molar-refractivity contribution in [1.29, 1.82) is 0 Å². The number of aryl methyl sites for hydroxylation is 4. The van der Waals surface area contributed by atoms with Crippen LogP contribution in [-0.2, 0) is 0 Å². The fourth-order valence-corrected chi connectivity index (χ4v) is 3.08. The van der Waals surface area contributed by atoms with Gasteiger partial charge < -0.3 is 16.2 Å². The summed E-state index contributed by atoms with van der Waals surface area (Å²) >= 11 is 0. The number of amides is 1. The predicted octanol–water partition coefficient (Wildman–Crippen LogP) is 6.44. The third-order valence-electron chi connectivity index (χ3n) is 5.09. The molecule has 0 aromatic heterocycles. The minimum Gasteiger partial charge on any atom is -0.494 e. The van der Waals surface area contributed by atoms with E-state index in [1.165, 1.54) is 0 Å². The Labute approximate surface area is 187 Å². The average molecular weight is 431 g/mol. The van der Waals surface area contributed by atoms with Crippen molar-refractivity contribution in [3.63, 3.8) is 0 Å². The van der Waals surface area contributed by atoms with Gasteiger partial charge in [-0.1, -0.05) is 0 Å². The molecule has 0 aliphatic rings. The largest absolute Gasteiger partial charge is 0.494 e. The van der Waals surface area contributed by atoms with Gasteiger partial charge in [0.2, 0.25) is 5.91 Å². The Morgan fingerprint density at radius 2 is 1.25 bits per heavy atom. The Balaban J connectivity index is 1.91. The molecule has 0 bridgehead atoms. The van der Waals surface area contributed by atoms with Crippen molar-refractivity contribution in [1.82, 2.24) is 0 Å². The molecular formula is C24H26N6O2. The summed E-state index contributed by atoms with van der Waals surface area (Å²) in [6, 6.07) is 12.4. The molecule has 1 amide bonds. The molecule has 3 aromatic carbocycles. The van der Waals surface area contributed by atoms with Crippen molar-refractivity contribution in [3.05, 3.63) is 70.3 Å². The van der Waals surface area contributed by atoms with Gasteiger partial charge in [-0.2, -0.15) is 15.3 Å². The number of methoxy groups -OCH3 is 1. The van der Waals surface area contributed by atoms with E-state index in [2.05, 4.69) is 20.5 Å². The second kappa shape index (κ2) is 9.38. The maximum atomic E-state index is 11.3. The standard InChI is InChI=1S/C24H26N6O2/c1-13-10-20(15(3)9-18(13)25)28-30-22-11-16(4)21(12-23(22)32-5)29-27-19-7-6-17(24(26)31)8-14(19)2/h6-12H,25H2,1-5H3,(H2,26,31). The molecule has 0 aliphatic carbocycles. The zero-order valence-electron chi connectivity index (χ0n) is 18.8. The van der Waals surface area contributed by atoms with Crippen molar-refractivity contribution in [3.8, 4) is 5.75 Å². The molecule has 8 heteroatoms. The van der Waals surface area contributed by atoms with Gasteiger partial charge >= 0.3 is 0 Å². The van der Waals surface area contributed by atoms with E-state index in [-0.39, 0.29) is 0 Å². The van der Waals surface area contributed by atoms with Gasteiger partial charge in [0.1, 0.15) is 11.4 Å². The number of anilines is 1.